The van der Waals surface area contributed by atoms with Crippen molar-refractivity contribution in [1.82, 2.24) is 24.0 Å². The highest BCUT2D eigenvalue weighted by Crippen LogP contribution is 2.42. The van der Waals surface area contributed by atoms with Crippen molar-refractivity contribution in [3.63, 3.8) is 0 Å². The summed E-state index contributed by atoms with van der Waals surface area (Å²) in [7, 11) is 0. The van der Waals surface area contributed by atoms with Crippen LogP contribution in [-0.2, 0) is 11.3 Å². The lowest BCUT2D eigenvalue weighted by atomic mass is 10.1. The maximum Gasteiger partial charge on any atom is 0.261 e. The minimum Gasteiger partial charge on any atom is -0.337 e. The van der Waals surface area contributed by atoms with Gasteiger partial charge < -0.3 is 9.47 Å². The zero-order chi connectivity index (χ0) is 20.2. The zero-order valence-electron chi connectivity index (χ0n) is 16.4. The number of likely N-dealkylation sites (tertiary alicyclic amines) is 1. The Morgan fingerprint density at radius 1 is 1.00 bits per heavy atom. The molecule has 30 heavy (non-hydrogen) atoms. The van der Waals surface area contributed by atoms with Gasteiger partial charge in [-0.3, -0.25) is 14.2 Å². The average molecular weight is 399 g/mol. The van der Waals surface area contributed by atoms with Crippen molar-refractivity contribution in [1.29, 1.82) is 0 Å². The highest BCUT2D eigenvalue weighted by molar-refractivity contribution is 5.80. The number of carbonyl (C=O) groups is 1. The van der Waals surface area contributed by atoms with Crippen LogP contribution in [0.2, 0.25) is 0 Å². The summed E-state index contributed by atoms with van der Waals surface area (Å²) in [5, 5.41) is 0.535. The third-order valence-electron chi connectivity index (χ3n) is 6.18. The SMILES string of the molecule is O=C(Cn1cnc2ccccc2c1=O)N1CC(n2c(C3CC3)nc3ccccc32)C1. The minimum absolute atomic E-state index is 0.0174. The van der Waals surface area contributed by atoms with Crippen LogP contribution in [0.25, 0.3) is 21.9 Å². The first-order valence-electron chi connectivity index (χ1n) is 10.4. The lowest BCUT2D eigenvalue weighted by Crippen LogP contribution is -2.52. The normalized spacial score (nSPS) is 16.9. The van der Waals surface area contributed by atoms with Gasteiger partial charge in [-0.2, -0.15) is 0 Å². The predicted molar refractivity (Wildman–Crippen MR) is 113 cm³/mol. The number of para-hydroxylation sites is 3. The molecule has 6 rings (SSSR count). The molecule has 1 amide bonds. The lowest BCUT2D eigenvalue weighted by Gasteiger charge is -2.41. The van der Waals surface area contributed by atoms with Crippen molar-refractivity contribution >= 4 is 27.8 Å². The fraction of sp³-hybridized carbons (Fsp3) is 0.304. The highest BCUT2D eigenvalue weighted by atomic mass is 16.2. The maximum absolute atomic E-state index is 12.8. The second-order valence-corrected chi connectivity index (χ2v) is 8.25. The summed E-state index contributed by atoms with van der Waals surface area (Å²) >= 11 is 0. The number of hydrogen-bond acceptors (Lipinski definition) is 4. The summed E-state index contributed by atoms with van der Waals surface area (Å²) in [6, 6.07) is 15.7. The molecule has 4 aromatic rings. The number of amides is 1. The molecule has 0 radical (unpaired) electrons. The van der Waals surface area contributed by atoms with Crippen molar-refractivity contribution < 1.29 is 4.79 Å². The van der Waals surface area contributed by atoms with Gasteiger partial charge in [-0.15, -0.1) is 0 Å². The van der Waals surface area contributed by atoms with Gasteiger partial charge in [0.15, 0.2) is 0 Å². The second-order valence-electron chi connectivity index (χ2n) is 8.25. The third-order valence-corrected chi connectivity index (χ3v) is 6.18. The first-order chi connectivity index (χ1) is 14.7. The molecule has 2 fully saturated rings. The van der Waals surface area contributed by atoms with Gasteiger partial charge in [0.1, 0.15) is 12.4 Å². The Morgan fingerprint density at radius 2 is 1.73 bits per heavy atom. The van der Waals surface area contributed by atoms with Gasteiger partial charge in [-0.05, 0) is 37.1 Å². The number of aromatic nitrogens is 4. The van der Waals surface area contributed by atoms with Gasteiger partial charge in [0.05, 0.1) is 34.3 Å². The molecule has 0 spiro atoms. The van der Waals surface area contributed by atoms with Gasteiger partial charge >= 0.3 is 0 Å². The molecule has 1 aliphatic carbocycles. The molecule has 3 heterocycles. The second kappa shape index (κ2) is 6.52. The monoisotopic (exact) mass is 399 g/mol. The van der Waals surface area contributed by atoms with Crippen LogP contribution in [0.15, 0.2) is 59.7 Å². The number of hydrogen-bond donors (Lipinski definition) is 0. The van der Waals surface area contributed by atoms with Crippen LogP contribution in [0.4, 0.5) is 0 Å². The molecule has 1 saturated carbocycles. The molecule has 7 heteroatoms. The van der Waals surface area contributed by atoms with Crippen LogP contribution < -0.4 is 5.56 Å². The molecular weight excluding hydrogens is 378 g/mol. The molecule has 0 unspecified atom stereocenters. The Balaban J connectivity index is 1.22. The number of benzene rings is 2. The first kappa shape index (κ1) is 17.4. The van der Waals surface area contributed by atoms with Crippen molar-refractivity contribution in [2.24, 2.45) is 0 Å². The van der Waals surface area contributed by atoms with Gasteiger partial charge in [0, 0.05) is 19.0 Å². The van der Waals surface area contributed by atoms with E-state index in [0.29, 0.717) is 29.9 Å². The van der Waals surface area contributed by atoms with E-state index in [-0.39, 0.29) is 24.1 Å². The molecule has 0 N–H and O–H groups in total. The smallest absolute Gasteiger partial charge is 0.261 e. The Morgan fingerprint density at radius 3 is 2.53 bits per heavy atom. The molecule has 0 bridgehead atoms. The molecule has 7 nitrogen and oxygen atoms in total. The summed E-state index contributed by atoms with van der Waals surface area (Å²) in [6.45, 7) is 1.31. The van der Waals surface area contributed by atoms with Crippen molar-refractivity contribution in [2.75, 3.05) is 13.1 Å². The largest absolute Gasteiger partial charge is 0.337 e. The maximum atomic E-state index is 12.8. The fourth-order valence-electron chi connectivity index (χ4n) is 4.36. The van der Waals surface area contributed by atoms with Gasteiger partial charge in [0.2, 0.25) is 5.91 Å². The van der Waals surface area contributed by atoms with Gasteiger partial charge in [-0.1, -0.05) is 24.3 Å². The van der Waals surface area contributed by atoms with Crippen LogP contribution in [0.3, 0.4) is 0 Å². The average Bonchev–Trinajstić information content (AvgIpc) is 3.51. The summed E-state index contributed by atoms with van der Waals surface area (Å²) in [6.07, 6.45) is 3.85. The van der Waals surface area contributed by atoms with E-state index in [2.05, 4.69) is 21.7 Å². The Hall–Kier alpha value is -3.48. The number of rotatable bonds is 4. The Bertz CT molecular complexity index is 1340. The summed E-state index contributed by atoms with van der Waals surface area (Å²) in [5.74, 6) is 1.65. The van der Waals surface area contributed by atoms with Crippen LogP contribution in [0, 0.1) is 0 Å². The van der Waals surface area contributed by atoms with Crippen molar-refractivity contribution in [2.45, 2.75) is 31.3 Å². The van der Waals surface area contributed by atoms with Gasteiger partial charge in [0.25, 0.3) is 5.56 Å². The van der Waals surface area contributed by atoms with Crippen molar-refractivity contribution in [3.8, 4) is 0 Å². The van der Waals surface area contributed by atoms with E-state index in [4.69, 9.17) is 4.98 Å². The highest BCUT2D eigenvalue weighted by Gasteiger charge is 2.37. The van der Waals surface area contributed by atoms with E-state index in [0.717, 1.165) is 16.9 Å². The van der Waals surface area contributed by atoms with Crippen LogP contribution in [-0.4, -0.2) is 43.0 Å². The summed E-state index contributed by atoms with van der Waals surface area (Å²) in [4.78, 5) is 36.4. The van der Waals surface area contributed by atoms with E-state index in [1.54, 1.807) is 12.1 Å². The molecule has 0 atom stereocenters. The summed E-state index contributed by atoms with van der Waals surface area (Å²) in [5.41, 5.74) is 2.64. The van der Waals surface area contributed by atoms with E-state index >= 15 is 0 Å². The number of nitrogens with zero attached hydrogens (tertiary/aromatic N) is 5. The van der Waals surface area contributed by atoms with Crippen LogP contribution >= 0.6 is 0 Å². The number of fused-ring (bicyclic) bond motifs is 2. The molecular formula is C23H21N5O2. The molecule has 2 aliphatic rings. The Labute approximate surface area is 172 Å². The zero-order valence-corrected chi connectivity index (χ0v) is 16.4. The first-order valence-corrected chi connectivity index (χ1v) is 10.4. The molecule has 1 aliphatic heterocycles. The number of imidazole rings is 1. The van der Waals surface area contributed by atoms with E-state index in [1.165, 1.54) is 23.7 Å². The van der Waals surface area contributed by atoms with E-state index in [9.17, 15) is 9.59 Å². The fourth-order valence-corrected chi connectivity index (χ4v) is 4.36. The third kappa shape index (κ3) is 2.73. The van der Waals surface area contributed by atoms with Crippen LogP contribution in [0.1, 0.15) is 30.6 Å². The van der Waals surface area contributed by atoms with E-state index < -0.39 is 0 Å². The molecule has 2 aromatic carbocycles. The summed E-state index contributed by atoms with van der Waals surface area (Å²) < 4.78 is 3.74. The quantitative estimate of drug-likeness (QED) is 0.529. The lowest BCUT2D eigenvalue weighted by molar-refractivity contribution is -0.137. The molecule has 150 valence electrons. The van der Waals surface area contributed by atoms with Gasteiger partial charge in [-0.25, -0.2) is 9.97 Å². The standard InChI is InChI=1S/C23H21N5O2/c29-21(13-27-14-24-18-6-2-1-5-17(18)23(27)30)26-11-16(12-26)28-20-8-4-3-7-19(20)25-22(28)15-9-10-15/h1-8,14-16H,9-13H2. The Kier molecular flexibility index (Phi) is 3.78. The molecule has 2 aromatic heterocycles. The minimum atomic E-state index is -0.178. The van der Waals surface area contributed by atoms with E-state index in [1.807, 2.05) is 29.2 Å². The van der Waals surface area contributed by atoms with Crippen molar-refractivity contribution in [3.05, 3.63) is 71.0 Å². The van der Waals surface area contributed by atoms with Crippen LogP contribution in [0.5, 0.6) is 0 Å². The molecule has 1 saturated heterocycles. The predicted octanol–water partition coefficient (Wildman–Crippen LogP) is 2.71. The topological polar surface area (TPSA) is 73.0 Å². The number of carbonyl (C=O) groups excluding carboxylic acids is 1.